The Morgan fingerprint density at radius 3 is 2.48 bits per heavy atom. The second kappa shape index (κ2) is 8.10. The summed E-state index contributed by atoms with van der Waals surface area (Å²) in [5.74, 6) is 0.867. The summed E-state index contributed by atoms with van der Waals surface area (Å²) in [5.41, 5.74) is 0.0486. The van der Waals surface area contributed by atoms with Crippen molar-refractivity contribution < 1.29 is 14.1 Å². The molecule has 1 aromatic rings. The zero-order chi connectivity index (χ0) is 18.7. The highest BCUT2D eigenvalue weighted by molar-refractivity contribution is 7.96. The molecule has 0 aromatic carbocycles. The van der Waals surface area contributed by atoms with E-state index in [1.807, 2.05) is 20.1 Å². The molecule has 0 saturated carbocycles. The van der Waals surface area contributed by atoms with Crippen LogP contribution in [0.15, 0.2) is 10.6 Å². The third kappa shape index (κ3) is 5.21. The van der Waals surface area contributed by atoms with Gasteiger partial charge in [-0.25, -0.2) is 4.31 Å². The second-order valence-corrected chi connectivity index (χ2v) is 8.94. The quantitative estimate of drug-likeness (QED) is 0.771. The maximum Gasteiger partial charge on any atom is 0.247 e. The van der Waals surface area contributed by atoms with Gasteiger partial charge in [-0.15, -0.1) is 0 Å². The van der Waals surface area contributed by atoms with Crippen LogP contribution in [0.4, 0.5) is 5.88 Å². The van der Waals surface area contributed by atoms with E-state index in [9.17, 15) is 4.79 Å². The van der Waals surface area contributed by atoms with E-state index in [2.05, 4.69) is 35.5 Å². The van der Waals surface area contributed by atoms with Crippen molar-refractivity contribution in [2.45, 2.75) is 58.4 Å². The molecular formula is C18H31N3O3S. The normalized spacial score (nSPS) is 17.1. The van der Waals surface area contributed by atoms with Gasteiger partial charge in [0.1, 0.15) is 5.54 Å². The summed E-state index contributed by atoms with van der Waals surface area (Å²) >= 11 is 1.60. The summed E-state index contributed by atoms with van der Waals surface area (Å²) in [6.45, 7) is 12.6. The monoisotopic (exact) mass is 369 g/mol. The molecule has 0 bridgehead atoms. The van der Waals surface area contributed by atoms with Crippen LogP contribution in [0.3, 0.4) is 0 Å². The second-order valence-electron chi connectivity index (χ2n) is 8.14. The number of nitrogens with zero attached hydrogens (tertiary/aromatic N) is 2. The van der Waals surface area contributed by atoms with Crippen molar-refractivity contribution in [2.75, 3.05) is 31.3 Å². The lowest BCUT2D eigenvalue weighted by Crippen LogP contribution is -2.51. The summed E-state index contributed by atoms with van der Waals surface area (Å²) in [4.78, 5) is 12.9. The smallest absolute Gasteiger partial charge is 0.247 e. The number of rotatable bonds is 6. The van der Waals surface area contributed by atoms with E-state index in [4.69, 9.17) is 9.26 Å². The number of hydrogen-bond acceptors (Lipinski definition) is 6. The zero-order valence-corrected chi connectivity index (χ0v) is 17.0. The predicted molar refractivity (Wildman–Crippen MR) is 102 cm³/mol. The van der Waals surface area contributed by atoms with Crippen molar-refractivity contribution in [3.05, 3.63) is 11.8 Å². The van der Waals surface area contributed by atoms with E-state index in [1.165, 1.54) is 0 Å². The summed E-state index contributed by atoms with van der Waals surface area (Å²) in [6, 6.07) is 1.80. The Kier molecular flexibility index (Phi) is 6.56. The molecule has 1 aromatic heterocycles. The van der Waals surface area contributed by atoms with Crippen LogP contribution < -0.4 is 5.32 Å². The van der Waals surface area contributed by atoms with E-state index in [0.29, 0.717) is 11.8 Å². The maximum atomic E-state index is 12.9. The van der Waals surface area contributed by atoms with Crippen molar-refractivity contribution in [1.29, 1.82) is 0 Å². The Hall–Kier alpha value is -1.05. The molecule has 1 fully saturated rings. The van der Waals surface area contributed by atoms with Gasteiger partial charge >= 0.3 is 0 Å². The Morgan fingerprint density at radius 1 is 1.32 bits per heavy atom. The highest BCUT2D eigenvalue weighted by atomic mass is 32.2. The van der Waals surface area contributed by atoms with Crippen LogP contribution in [0.2, 0.25) is 0 Å². The highest BCUT2D eigenvalue weighted by Gasteiger charge is 2.37. The van der Waals surface area contributed by atoms with Crippen molar-refractivity contribution >= 4 is 23.7 Å². The highest BCUT2D eigenvalue weighted by Crippen LogP contribution is 2.29. The molecular weight excluding hydrogens is 338 g/mol. The minimum absolute atomic E-state index is 0.0921. The third-order valence-corrected chi connectivity index (χ3v) is 5.73. The molecule has 2 rings (SSSR count). The molecule has 0 aliphatic carbocycles. The van der Waals surface area contributed by atoms with Gasteiger partial charge in [-0.2, -0.15) is 0 Å². The van der Waals surface area contributed by atoms with E-state index < -0.39 is 5.54 Å². The fourth-order valence-electron chi connectivity index (χ4n) is 2.76. The Balaban J connectivity index is 2.02. The molecule has 1 saturated heterocycles. The first-order valence-electron chi connectivity index (χ1n) is 8.82. The zero-order valence-electron chi connectivity index (χ0n) is 16.2. The number of aromatic nitrogens is 1. The summed E-state index contributed by atoms with van der Waals surface area (Å²) in [5, 5.41) is 6.94. The van der Waals surface area contributed by atoms with Crippen molar-refractivity contribution in [3.63, 3.8) is 0 Å². The average molecular weight is 370 g/mol. The van der Waals surface area contributed by atoms with E-state index in [0.717, 1.165) is 38.3 Å². The summed E-state index contributed by atoms with van der Waals surface area (Å²) in [6.07, 6.45) is 4.11. The molecule has 0 radical (unpaired) electrons. The minimum atomic E-state index is -0.660. The SMILES string of the molecule is CSN(CC1CCOCC1)C(C)(C)C(=O)Nc1cc(C(C)(C)C)no1. The molecule has 142 valence electrons. The number of nitrogens with one attached hydrogen (secondary N) is 1. The van der Waals surface area contributed by atoms with Gasteiger partial charge in [0.25, 0.3) is 0 Å². The van der Waals surface area contributed by atoms with Crippen LogP contribution in [0.25, 0.3) is 0 Å². The molecule has 1 amide bonds. The van der Waals surface area contributed by atoms with Gasteiger partial charge in [0, 0.05) is 31.2 Å². The van der Waals surface area contributed by atoms with Crippen LogP contribution in [0, 0.1) is 5.92 Å². The maximum absolute atomic E-state index is 12.9. The lowest BCUT2D eigenvalue weighted by atomic mass is 9.92. The molecule has 7 heteroatoms. The Bertz CT molecular complexity index is 574. The van der Waals surface area contributed by atoms with Gasteiger partial charge in [0.15, 0.2) is 0 Å². The molecule has 1 aliphatic heterocycles. The summed E-state index contributed by atoms with van der Waals surface area (Å²) < 4.78 is 12.9. The number of amides is 1. The van der Waals surface area contributed by atoms with Gasteiger partial charge in [-0.05, 0) is 38.9 Å². The third-order valence-electron chi connectivity index (χ3n) is 4.68. The molecule has 0 atom stereocenters. The van der Waals surface area contributed by atoms with Crippen molar-refractivity contribution in [2.24, 2.45) is 5.92 Å². The first-order valence-corrected chi connectivity index (χ1v) is 10.0. The van der Waals surface area contributed by atoms with Crippen LogP contribution in [0.1, 0.15) is 53.2 Å². The number of carbonyl (C=O) groups excluding carboxylic acids is 1. The van der Waals surface area contributed by atoms with E-state index in [1.54, 1.807) is 18.0 Å². The Labute approximate surface area is 155 Å². The van der Waals surface area contributed by atoms with Gasteiger partial charge in [0.2, 0.25) is 11.8 Å². The van der Waals surface area contributed by atoms with Gasteiger partial charge in [-0.1, -0.05) is 37.9 Å². The largest absolute Gasteiger partial charge is 0.381 e. The number of ether oxygens (including phenoxy) is 1. The topological polar surface area (TPSA) is 67.6 Å². The first-order chi connectivity index (χ1) is 11.6. The molecule has 0 unspecified atom stereocenters. The molecule has 0 spiro atoms. The van der Waals surface area contributed by atoms with Crippen molar-refractivity contribution in [3.8, 4) is 0 Å². The fourth-order valence-corrected chi connectivity index (χ4v) is 3.66. The lowest BCUT2D eigenvalue weighted by Gasteiger charge is -2.38. The fraction of sp³-hybridized carbons (Fsp3) is 0.778. The lowest BCUT2D eigenvalue weighted by molar-refractivity contribution is -0.124. The van der Waals surface area contributed by atoms with Gasteiger partial charge < -0.3 is 9.26 Å². The number of anilines is 1. The van der Waals surface area contributed by atoms with Gasteiger partial charge in [0.05, 0.1) is 5.69 Å². The molecule has 1 N–H and O–H groups in total. The Morgan fingerprint density at radius 2 is 1.96 bits per heavy atom. The summed E-state index contributed by atoms with van der Waals surface area (Å²) in [7, 11) is 0. The average Bonchev–Trinajstić information content (AvgIpc) is 3.02. The predicted octanol–water partition coefficient (Wildman–Crippen LogP) is 3.70. The first kappa shape index (κ1) is 20.3. The molecule has 2 heterocycles. The molecule has 6 nitrogen and oxygen atoms in total. The van der Waals surface area contributed by atoms with E-state index >= 15 is 0 Å². The van der Waals surface area contributed by atoms with Gasteiger partial charge in [-0.3, -0.25) is 10.1 Å². The van der Waals surface area contributed by atoms with Crippen LogP contribution in [-0.2, 0) is 14.9 Å². The van der Waals surface area contributed by atoms with Crippen LogP contribution >= 0.6 is 11.9 Å². The standard InChI is InChI=1S/C18H31N3O3S/c1-17(2,3)14-11-15(24-20-14)19-16(22)18(4,5)21(25-6)12-13-7-9-23-10-8-13/h11,13H,7-10,12H2,1-6H3,(H,19,22). The van der Waals surface area contributed by atoms with Crippen molar-refractivity contribution in [1.82, 2.24) is 9.46 Å². The number of carbonyl (C=O) groups is 1. The van der Waals surface area contributed by atoms with Crippen LogP contribution in [0.5, 0.6) is 0 Å². The number of hydrogen-bond donors (Lipinski definition) is 1. The minimum Gasteiger partial charge on any atom is -0.381 e. The molecule has 25 heavy (non-hydrogen) atoms. The van der Waals surface area contributed by atoms with Crippen LogP contribution in [-0.4, -0.2) is 46.9 Å². The molecule has 1 aliphatic rings. The van der Waals surface area contributed by atoms with E-state index in [-0.39, 0.29) is 11.3 Å².